The number of para-hydroxylation sites is 1. The first-order valence-electron chi connectivity index (χ1n) is 9.28. The van der Waals surface area contributed by atoms with E-state index in [2.05, 4.69) is 16.1 Å². The molecule has 3 aromatic rings. The van der Waals surface area contributed by atoms with Crippen molar-refractivity contribution in [3.05, 3.63) is 71.5 Å². The lowest BCUT2D eigenvalue weighted by molar-refractivity contribution is -0.139. The Kier molecular flexibility index (Phi) is 6.37. The molecule has 146 valence electrons. The van der Waals surface area contributed by atoms with E-state index in [9.17, 15) is 4.79 Å². The van der Waals surface area contributed by atoms with E-state index in [-0.39, 0.29) is 11.9 Å². The van der Waals surface area contributed by atoms with Crippen molar-refractivity contribution >= 4 is 34.3 Å². The van der Waals surface area contributed by atoms with Crippen LogP contribution in [-0.2, 0) is 16.1 Å². The molecule has 28 heavy (non-hydrogen) atoms. The van der Waals surface area contributed by atoms with Gasteiger partial charge in [-0.15, -0.1) is 0 Å². The highest BCUT2D eigenvalue weighted by atomic mass is 35.5. The van der Waals surface area contributed by atoms with E-state index in [0.717, 1.165) is 36.0 Å². The molecule has 1 unspecified atom stereocenters. The number of carbonyl (C=O) groups is 1. The topological polar surface area (TPSA) is 70.1 Å². The molecule has 2 aromatic carbocycles. The summed E-state index contributed by atoms with van der Waals surface area (Å²) in [6.45, 7) is 6.99. The van der Waals surface area contributed by atoms with Gasteiger partial charge in [0.15, 0.2) is 0 Å². The van der Waals surface area contributed by atoms with E-state index in [0.29, 0.717) is 22.9 Å². The van der Waals surface area contributed by atoms with Gasteiger partial charge in [-0.25, -0.2) is 9.78 Å². The number of nitrogens with two attached hydrogens (primary N) is 1. The second kappa shape index (κ2) is 8.93. The number of carbonyl (C=O) groups excluding carboxylic acids is 1. The number of halogens is 1. The summed E-state index contributed by atoms with van der Waals surface area (Å²) >= 11 is 5.91. The lowest BCUT2D eigenvalue weighted by Gasteiger charge is -2.14. The molecular formula is C22H24ClN3O2. The molecule has 0 aliphatic rings. The van der Waals surface area contributed by atoms with Gasteiger partial charge in [-0.3, -0.25) is 0 Å². The van der Waals surface area contributed by atoms with Crippen LogP contribution in [0.5, 0.6) is 0 Å². The van der Waals surface area contributed by atoms with Crippen molar-refractivity contribution < 1.29 is 9.53 Å². The number of fused-ring (bicyclic) bond motifs is 1. The second-order valence-electron chi connectivity index (χ2n) is 6.79. The van der Waals surface area contributed by atoms with Crippen molar-refractivity contribution in [3.63, 3.8) is 0 Å². The van der Waals surface area contributed by atoms with Crippen LogP contribution in [0.2, 0.25) is 5.02 Å². The largest absolute Gasteiger partial charge is 0.462 e. The van der Waals surface area contributed by atoms with Crippen molar-refractivity contribution in [3.8, 4) is 0 Å². The molecule has 0 aliphatic heterocycles. The zero-order valence-electron chi connectivity index (χ0n) is 15.9. The number of anilines is 1. The molecule has 3 rings (SSSR count). The summed E-state index contributed by atoms with van der Waals surface area (Å²) in [4.78, 5) is 16.6. The highest BCUT2D eigenvalue weighted by Gasteiger charge is 2.17. The first-order valence-corrected chi connectivity index (χ1v) is 9.66. The third-order valence-corrected chi connectivity index (χ3v) is 5.11. The summed E-state index contributed by atoms with van der Waals surface area (Å²) in [6, 6.07) is 13.2. The molecule has 0 bridgehead atoms. The number of nitrogen functional groups attached to an aromatic ring is 1. The van der Waals surface area contributed by atoms with Crippen LogP contribution in [-0.4, -0.2) is 22.1 Å². The van der Waals surface area contributed by atoms with Crippen LogP contribution < -0.4 is 5.73 Å². The summed E-state index contributed by atoms with van der Waals surface area (Å²) < 4.78 is 7.45. The third-order valence-electron chi connectivity index (χ3n) is 4.86. The first-order chi connectivity index (χ1) is 13.5. The fourth-order valence-electron chi connectivity index (χ4n) is 3.06. The zero-order valence-corrected chi connectivity index (χ0v) is 16.7. The van der Waals surface area contributed by atoms with Crippen LogP contribution >= 0.6 is 11.6 Å². The van der Waals surface area contributed by atoms with Crippen molar-refractivity contribution in [1.29, 1.82) is 0 Å². The maximum Gasteiger partial charge on any atom is 0.334 e. The fourth-order valence-corrected chi connectivity index (χ4v) is 3.19. The number of esters is 1. The number of nitrogens with zero attached hydrogens (tertiary/aromatic N) is 2. The van der Waals surface area contributed by atoms with Gasteiger partial charge < -0.3 is 15.0 Å². The average molecular weight is 398 g/mol. The number of ether oxygens (including phenoxy) is 1. The molecule has 5 nitrogen and oxygen atoms in total. The normalized spacial score (nSPS) is 12.1. The van der Waals surface area contributed by atoms with Crippen molar-refractivity contribution in [2.75, 3.05) is 12.3 Å². The highest BCUT2D eigenvalue weighted by molar-refractivity contribution is 6.30. The minimum Gasteiger partial charge on any atom is -0.462 e. The van der Waals surface area contributed by atoms with Crippen LogP contribution in [0, 0.1) is 0 Å². The van der Waals surface area contributed by atoms with Crippen LogP contribution in [0.15, 0.2) is 60.9 Å². The molecule has 0 radical (unpaired) electrons. The summed E-state index contributed by atoms with van der Waals surface area (Å²) in [7, 11) is 0. The molecule has 1 atom stereocenters. The molecule has 0 saturated heterocycles. The monoisotopic (exact) mass is 397 g/mol. The van der Waals surface area contributed by atoms with Gasteiger partial charge in [0.05, 0.1) is 24.1 Å². The summed E-state index contributed by atoms with van der Waals surface area (Å²) in [5.41, 5.74) is 9.88. The molecule has 1 heterocycles. The average Bonchev–Trinajstić information content (AvgIpc) is 3.11. The lowest BCUT2D eigenvalue weighted by Crippen LogP contribution is -2.13. The van der Waals surface area contributed by atoms with E-state index in [1.807, 2.05) is 37.3 Å². The van der Waals surface area contributed by atoms with Gasteiger partial charge >= 0.3 is 5.97 Å². The smallest absolute Gasteiger partial charge is 0.334 e. The quantitative estimate of drug-likeness (QED) is 0.252. The molecule has 6 heteroatoms. The maximum atomic E-state index is 12.3. The Morgan fingerprint density at radius 1 is 1.25 bits per heavy atom. The van der Waals surface area contributed by atoms with Gasteiger partial charge in [0.1, 0.15) is 5.52 Å². The van der Waals surface area contributed by atoms with E-state index in [1.165, 1.54) is 0 Å². The summed E-state index contributed by atoms with van der Waals surface area (Å²) in [5.74, 6) is -0.476. The molecule has 0 fully saturated rings. The predicted molar refractivity (Wildman–Crippen MR) is 113 cm³/mol. The van der Waals surface area contributed by atoms with Crippen molar-refractivity contribution in [2.24, 2.45) is 0 Å². The Hall–Kier alpha value is -2.79. The standard InChI is InChI=1S/C22H24ClN3O2/c1-15(17-8-10-18(23)11-9-17)16(2)22(27)28-13-4-3-12-26-14-25-21-19(24)6-5-7-20(21)26/h5-11,14-15H,2-4,12-13,24H2,1H3. The molecular weight excluding hydrogens is 374 g/mol. The number of unbranched alkanes of at least 4 members (excludes halogenated alkanes) is 1. The minimum absolute atomic E-state index is 0.118. The molecule has 0 saturated carbocycles. The molecule has 0 aliphatic carbocycles. The molecule has 0 amide bonds. The van der Waals surface area contributed by atoms with Crippen LogP contribution in [0.25, 0.3) is 11.0 Å². The lowest BCUT2D eigenvalue weighted by atomic mass is 9.94. The first kappa shape index (κ1) is 20.0. The Morgan fingerprint density at radius 3 is 2.75 bits per heavy atom. The Labute approximate surface area is 169 Å². The van der Waals surface area contributed by atoms with E-state index >= 15 is 0 Å². The summed E-state index contributed by atoms with van der Waals surface area (Å²) in [6.07, 6.45) is 3.42. The summed E-state index contributed by atoms with van der Waals surface area (Å²) in [5, 5.41) is 0.664. The number of imidazole rings is 1. The van der Waals surface area contributed by atoms with Gasteiger partial charge in [0.2, 0.25) is 0 Å². The third kappa shape index (κ3) is 4.54. The number of benzene rings is 2. The number of aromatic nitrogens is 2. The minimum atomic E-state index is -0.358. The SMILES string of the molecule is C=C(C(=O)OCCCCn1cnc2c(N)cccc21)C(C)c1ccc(Cl)cc1. The van der Waals surface area contributed by atoms with Gasteiger partial charge in [-0.2, -0.15) is 0 Å². The molecule has 2 N–H and O–H groups in total. The van der Waals surface area contributed by atoms with Gasteiger partial charge in [-0.05, 0) is 42.7 Å². The number of aryl methyl sites for hydroxylation is 1. The van der Waals surface area contributed by atoms with Gasteiger partial charge in [0.25, 0.3) is 0 Å². The highest BCUT2D eigenvalue weighted by Crippen LogP contribution is 2.25. The van der Waals surface area contributed by atoms with Crippen LogP contribution in [0.4, 0.5) is 5.69 Å². The predicted octanol–water partition coefficient (Wildman–Crippen LogP) is 4.96. The number of hydrogen-bond acceptors (Lipinski definition) is 4. The van der Waals surface area contributed by atoms with Gasteiger partial charge in [0, 0.05) is 23.1 Å². The van der Waals surface area contributed by atoms with E-state index in [1.54, 1.807) is 18.5 Å². The molecule has 0 spiro atoms. The van der Waals surface area contributed by atoms with Crippen LogP contribution in [0.1, 0.15) is 31.2 Å². The Balaban J connectivity index is 1.44. The Morgan fingerprint density at radius 2 is 2.00 bits per heavy atom. The second-order valence-corrected chi connectivity index (χ2v) is 7.23. The maximum absolute atomic E-state index is 12.3. The number of hydrogen-bond donors (Lipinski definition) is 1. The zero-order chi connectivity index (χ0) is 20.1. The van der Waals surface area contributed by atoms with E-state index in [4.69, 9.17) is 22.1 Å². The fraction of sp³-hybridized carbons (Fsp3) is 0.273. The number of rotatable bonds is 8. The van der Waals surface area contributed by atoms with Crippen molar-refractivity contribution in [2.45, 2.75) is 32.2 Å². The Bertz CT molecular complexity index is 979. The van der Waals surface area contributed by atoms with Gasteiger partial charge in [-0.1, -0.05) is 43.3 Å². The van der Waals surface area contributed by atoms with E-state index < -0.39 is 0 Å². The molecule has 1 aromatic heterocycles. The van der Waals surface area contributed by atoms with Crippen molar-refractivity contribution in [1.82, 2.24) is 9.55 Å². The van der Waals surface area contributed by atoms with Crippen LogP contribution in [0.3, 0.4) is 0 Å².